The Morgan fingerprint density at radius 1 is 1.36 bits per heavy atom. The Balaban J connectivity index is 2.74. The number of nitrogens with zero attached hydrogens (tertiary/aromatic N) is 1. The number of alkyl halides is 1. The molecule has 0 aromatic carbocycles. The van der Waals surface area contributed by atoms with E-state index in [1.165, 1.54) is 11.8 Å². The van der Waals surface area contributed by atoms with Crippen molar-refractivity contribution in [3.05, 3.63) is 0 Å². The predicted molar refractivity (Wildman–Crippen MR) is 81.4 cm³/mol. The monoisotopic (exact) mass is 377 g/mol. The quantitative estimate of drug-likeness (QED) is 0.515. The zero-order valence-corrected chi connectivity index (χ0v) is 13.9. The maximum atomic E-state index is 12.5. The molecule has 0 aromatic heterocycles. The molecule has 1 fully saturated rings. The van der Waals surface area contributed by atoms with Crippen molar-refractivity contribution in [2.24, 2.45) is 0 Å². The number of nitrogens with one attached hydrogen (secondary N) is 2. The highest BCUT2D eigenvalue weighted by molar-refractivity contribution is 9.09. The molecule has 8 nitrogen and oxygen atoms in total. The summed E-state index contributed by atoms with van der Waals surface area (Å²) in [6, 6.07) is -1.37. The van der Waals surface area contributed by atoms with E-state index in [2.05, 4.69) is 26.6 Å². The molecule has 1 heterocycles. The van der Waals surface area contributed by atoms with E-state index in [9.17, 15) is 19.2 Å². The highest BCUT2D eigenvalue weighted by atomic mass is 79.9. The number of carbonyl (C=O) groups is 4. The number of carboxylic acid groups (broad SMARTS) is 1. The first kappa shape index (κ1) is 18.4. The van der Waals surface area contributed by atoms with E-state index in [0.29, 0.717) is 31.1 Å². The van der Waals surface area contributed by atoms with E-state index in [1.807, 2.05) is 0 Å². The molecule has 0 aromatic rings. The molecule has 3 amide bonds. The Bertz CT molecular complexity index is 457. The van der Waals surface area contributed by atoms with E-state index in [1.54, 1.807) is 0 Å². The number of carboxylic acids is 1. The predicted octanol–water partition coefficient (Wildman–Crippen LogP) is -0.532. The van der Waals surface area contributed by atoms with Crippen LogP contribution in [-0.2, 0) is 19.2 Å². The number of hydrogen-bond acceptors (Lipinski definition) is 4. The summed E-state index contributed by atoms with van der Waals surface area (Å²) in [6.45, 7) is 1.27. The fourth-order valence-corrected chi connectivity index (χ4v) is 2.85. The third kappa shape index (κ3) is 5.28. The van der Waals surface area contributed by atoms with Crippen LogP contribution in [-0.4, -0.2) is 64.2 Å². The number of amides is 3. The Hall–Kier alpha value is -1.64. The highest BCUT2D eigenvalue weighted by Gasteiger charge is 2.37. The Labute approximate surface area is 136 Å². The molecule has 1 aliphatic rings. The molecule has 0 aliphatic carbocycles. The van der Waals surface area contributed by atoms with Gasteiger partial charge in [-0.3, -0.25) is 19.2 Å². The molecule has 22 heavy (non-hydrogen) atoms. The summed E-state index contributed by atoms with van der Waals surface area (Å²) < 4.78 is 0. The van der Waals surface area contributed by atoms with Crippen LogP contribution in [0.5, 0.6) is 0 Å². The lowest BCUT2D eigenvalue weighted by molar-refractivity contribution is -0.142. The van der Waals surface area contributed by atoms with Crippen molar-refractivity contribution >= 4 is 39.6 Å². The second-order valence-corrected chi connectivity index (χ2v) is 5.82. The van der Waals surface area contributed by atoms with Gasteiger partial charge in [0.15, 0.2) is 0 Å². The second kappa shape index (κ2) is 8.72. The first-order valence-electron chi connectivity index (χ1n) is 7.00. The van der Waals surface area contributed by atoms with Crippen molar-refractivity contribution in [3.63, 3.8) is 0 Å². The minimum absolute atomic E-state index is 0.314. The van der Waals surface area contributed by atoms with Gasteiger partial charge in [0.2, 0.25) is 17.7 Å². The minimum atomic E-state index is -1.14. The first-order valence-corrected chi connectivity index (χ1v) is 8.12. The fourth-order valence-electron chi connectivity index (χ4n) is 2.40. The van der Waals surface area contributed by atoms with Crippen LogP contribution in [0.2, 0.25) is 0 Å². The van der Waals surface area contributed by atoms with E-state index in [4.69, 9.17) is 5.11 Å². The van der Waals surface area contributed by atoms with Crippen LogP contribution in [0.4, 0.5) is 0 Å². The number of rotatable bonds is 7. The normalized spacial score (nSPS) is 18.6. The van der Waals surface area contributed by atoms with Gasteiger partial charge in [-0.25, -0.2) is 0 Å². The Morgan fingerprint density at radius 3 is 2.59 bits per heavy atom. The first-order chi connectivity index (χ1) is 10.4. The smallest absolute Gasteiger partial charge is 0.322 e. The summed E-state index contributed by atoms with van der Waals surface area (Å²) in [5.74, 6) is -2.25. The molecule has 1 aliphatic heterocycles. The van der Waals surface area contributed by atoms with Crippen molar-refractivity contribution in [1.29, 1.82) is 0 Å². The third-order valence-electron chi connectivity index (χ3n) is 3.33. The minimum Gasteiger partial charge on any atom is -0.480 e. The van der Waals surface area contributed by atoms with Gasteiger partial charge in [-0.05, 0) is 19.3 Å². The number of likely N-dealkylation sites (tertiary alicyclic amines) is 1. The van der Waals surface area contributed by atoms with E-state index in [0.717, 1.165) is 0 Å². The third-order valence-corrected chi connectivity index (χ3v) is 3.78. The van der Waals surface area contributed by atoms with Crippen molar-refractivity contribution < 1.29 is 24.3 Å². The van der Waals surface area contributed by atoms with Gasteiger partial charge in [0.05, 0.1) is 0 Å². The largest absolute Gasteiger partial charge is 0.480 e. The molecule has 9 heteroatoms. The molecule has 0 saturated carbocycles. The van der Waals surface area contributed by atoms with Crippen molar-refractivity contribution in [2.45, 2.75) is 38.3 Å². The zero-order chi connectivity index (χ0) is 16.7. The SMILES string of the molecule is CC(=O)N[C@@H](CCBr)C(=O)N1CCC[C@H]1C(=O)NCC(=O)O. The van der Waals surface area contributed by atoms with Crippen molar-refractivity contribution in [2.75, 3.05) is 18.4 Å². The molecule has 1 saturated heterocycles. The van der Waals surface area contributed by atoms with Gasteiger partial charge in [-0.2, -0.15) is 0 Å². The molecule has 2 atom stereocenters. The fraction of sp³-hybridized carbons (Fsp3) is 0.692. The molecule has 1 rings (SSSR count). The zero-order valence-electron chi connectivity index (χ0n) is 12.3. The van der Waals surface area contributed by atoms with Crippen LogP contribution < -0.4 is 10.6 Å². The van der Waals surface area contributed by atoms with Crippen LogP contribution in [0.3, 0.4) is 0 Å². The molecule has 0 bridgehead atoms. The van der Waals surface area contributed by atoms with Crippen molar-refractivity contribution in [3.8, 4) is 0 Å². The second-order valence-electron chi connectivity index (χ2n) is 5.03. The van der Waals surface area contributed by atoms with Gasteiger partial charge < -0.3 is 20.6 Å². The average Bonchev–Trinajstić information content (AvgIpc) is 2.92. The summed E-state index contributed by atoms with van der Waals surface area (Å²) in [5, 5.41) is 14.0. The number of hydrogen-bond donors (Lipinski definition) is 3. The standard InChI is InChI=1S/C13H20BrN3O5/c1-8(18)16-9(4-5-14)13(22)17-6-2-3-10(17)12(21)15-7-11(19)20/h9-10H,2-7H2,1H3,(H,15,21)(H,16,18)(H,19,20)/t9-,10-/m0/s1. The Morgan fingerprint density at radius 2 is 2.05 bits per heavy atom. The summed E-state index contributed by atoms with van der Waals surface area (Å²) in [6.07, 6.45) is 1.56. The summed E-state index contributed by atoms with van der Waals surface area (Å²) >= 11 is 3.24. The lowest BCUT2D eigenvalue weighted by Crippen LogP contribution is -2.53. The Kier molecular flexibility index (Phi) is 7.30. The molecular weight excluding hydrogens is 358 g/mol. The maximum absolute atomic E-state index is 12.5. The number of aliphatic carboxylic acids is 1. The topological polar surface area (TPSA) is 116 Å². The van der Waals surface area contributed by atoms with Gasteiger partial charge in [-0.15, -0.1) is 0 Å². The lowest BCUT2D eigenvalue weighted by Gasteiger charge is -2.28. The summed E-state index contributed by atoms with van der Waals surface area (Å²) in [7, 11) is 0. The van der Waals surface area contributed by atoms with Crippen LogP contribution in [0.25, 0.3) is 0 Å². The number of carbonyl (C=O) groups excluding carboxylic acids is 3. The molecule has 124 valence electrons. The van der Waals surface area contributed by atoms with Crippen LogP contribution >= 0.6 is 15.9 Å². The molecule has 0 spiro atoms. The van der Waals surface area contributed by atoms with E-state index >= 15 is 0 Å². The number of halogens is 1. The highest BCUT2D eigenvalue weighted by Crippen LogP contribution is 2.19. The van der Waals surface area contributed by atoms with Crippen LogP contribution in [0, 0.1) is 0 Å². The molecular formula is C13H20BrN3O5. The lowest BCUT2D eigenvalue weighted by atomic mass is 10.1. The van der Waals surface area contributed by atoms with Crippen LogP contribution in [0.15, 0.2) is 0 Å². The van der Waals surface area contributed by atoms with Gasteiger partial charge in [0.1, 0.15) is 18.6 Å². The summed E-state index contributed by atoms with van der Waals surface area (Å²) in [5.41, 5.74) is 0. The molecule has 0 unspecified atom stereocenters. The maximum Gasteiger partial charge on any atom is 0.322 e. The molecule has 0 radical (unpaired) electrons. The van der Waals surface area contributed by atoms with Gasteiger partial charge in [0, 0.05) is 18.8 Å². The van der Waals surface area contributed by atoms with E-state index < -0.39 is 30.5 Å². The van der Waals surface area contributed by atoms with Crippen molar-refractivity contribution in [1.82, 2.24) is 15.5 Å². The van der Waals surface area contributed by atoms with Gasteiger partial charge in [0.25, 0.3) is 0 Å². The van der Waals surface area contributed by atoms with E-state index in [-0.39, 0.29) is 11.8 Å². The average molecular weight is 378 g/mol. The van der Waals surface area contributed by atoms with Crippen LogP contribution in [0.1, 0.15) is 26.2 Å². The van der Waals surface area contributed by atoms with Gasteiger partial charge in [-0.1, -0.05) is 15.9 Å². The van der Waals surface area contributed by atoms with Gasteiger partial charge >= 0.3 is 5.97 Å². The summed E-state index contributed by atoms with van der Waals surface area (Å²) in [4.78, 5) is 47.6. The molecule has 3 N–H and O–H groups in total.